The Morgan fingerprint density at radius 2 is 1.80 bits per heavy atom. The molecular formula is C23H26F3NO3. The lowest BCUT2D eigenvalue weighted by atomic mass is 9.82. The van der Waals surface area contributed by atoms with Gasteiger partial charge in [-0.05, 0) is 62.1 Å². The summed E-state index contributed by atoms with van der Waals surface area (Å²) in [6.45, 7) is 4.38. The molecule has 1 fully saturated rings. The van der Waals surface area contributed by atoms with Crippen LogP contribution < -0.4 is 14.8 Å². The van der Waals surface area contributed by atoms with Crippen LogP contribution in [0.2, 0.25) is 0 Å². The molecular weight excluding hydrogens is 395 g/mol. The summed E-state index contributed by atoms with van der Waals surface area (Å²) in [5, 5.41) is 2.93. The highest BCUT2D eigenvalue weighted by atomic mass is 19.4. The van der Waals surface area contributed by atoms with Gasteiger partial charge in [0, 0.05) is 18.4 Å². The van der Waals surface area contributed by atoms with Crippen LogP contribution in [-0.2, 0) is 17.4 Å². The van der Waals surface area contributed by atoms with Crippen LogP contribution in [0.15, 0.2) is 42.5 Å². The van der Waals surface area contributed by atoms with Crippen molar-refractivity contribution in [3.05, 3.63) is 59.2 Å². The van der Waals surface area contributed by atoms with E-state index in [9.17, 15) is 18.0 Å². The summed E-state index contributed by atoms with van der Waals surface area (Å²) >= 11 is 0. The molecule has 1 heterocycles. The fourth-order valence-electron chi connectivity index (χ4n) is 3.74. The number of alkyl halides is 3. The van der Waals surface area contributed by atoms with Gasteiger partial charge in [0.2, 0.25) is 5.91 Å². The van der Waals surface area contributed by atoms with E-state index >= 15 is 0 Å². The number of nitrogens with one attached hydrogen (secondary N) is 1. The van der Waals surface area contributed by atoms with E-state index in [0.29, 0.717) is 36.4 Å². The first-order valence-corrected chi connectivity index (χ1v) is 9.95. The van der Waals surface area contributed by atoms with Gasteiger partial charge in [-0.1, -0.05) is 18.2 Å². The molecule has 1 aliphatic heterocycles. The summed E-state index contributed by atoms with van der Waals surface area (Å²) in [7, 11) is 1.59. The third kappa shape index (κ3) is 5.26. The molecule has 0 aliphatic carbocycles. The van der Waals surface area contributed by atoms with Crippen molar-refractivity contribution in [1.82, 2.24) is 5.32 Å². The maximum atomic E-state index is 12.8. The molecule has 4 nitrogen and oxygen atoms in total. The Labute approximate surface area is 174 Å². The molecule has 2 atom stereocenters. The van der Waals surface area contributed by atoms with E-state index in [1.54, 1.807) is 7.11 Å². The summed E-state index contributed by atoms with van der Waals surface area (Å²) in [5.41, 5.74) is 1.05. The highest BCUT2D eigenvalue weighted by molar-refractivity contribution is 5.80. The molecule has 2 aromatic rings. The van der Waals surface area contributed by atoms with Crippen molar-refractivity contribution < 1.29 is 27.4 Å². The minimum absolute atomic E-state index is 0.00683. The molecule has 30 heavy (non-hydrogen) atoms. The lowest BCUT2D eigenvalue weighted by Crippen LogP contribution is -2.41. The predicted octanol–water partition coefficient (Wildman–Crippen LogP) is 4.96. The zero-order valence-corrected chi connectivity index (χ0v) is 17.3. The second kappa shape index (κ2) is 8.98. The molecule has 3 rings (SSSR count). The lowest BCUT2D eigenvalue weighted by molar-refractivity contribution is -0.137. The number of piperidine rings is 1. The number of carbonyl (C=O) groups is 1. The van der Waals surface area contributed by atoms with Crippen LogP contribution in [0.4, 0.5) is 13.2 Å². The number of carbonyl (C=O) groups excluding carboxylic acids is 1. The summed E-state index contributed by atoms with van der Waals surface area (Å²) in [6, 6.07) is 10.8. The van der Waals surface area contributed by atoms with Crippen LogP contribution in [-0.4, -0.2) is 25.7 Å². The molecule has 2 aromatic carbocycles. The predicted molar refractivity (Wildman–Crippen MR) is 108 cm³/mol. The van der Waals surface area contributed by atoms with Crippen LogP contribution in [0.25, 0.3) is 0 Å². The van der Waals surface area contributed by atoms with Gasteiger partial charge in [0.15, 0.2) is 11.5 Å². The van der Waals surface area contributed by atoms with Crippen molar-refractivity contribution >= 4 is 5.91 Å². The van der Waals surface area contributed by atoms with E-state index in [4.69, 9.17) is 9.47 Å². The van der Waals surface area contributed by atoms with E-state index in [0.717, 1.165) is 17.7 Å². The maximum Gasteiger partial charge on any atom is 0.416 e. The van der Waals surface area contributed by atoms with Crippen LogP contribution in [0.5, 0.6) is 11.5 Å². The van der Waals surface area contributed by atoms with Crippen molar-refractivity contribution in [3.8, 4) is 11.5 Å². The van der Waals surface area contributed by atoms with Crippen LogP contribution in [0, 0.1) is 5.92 Å². The van der Waals surface area contributed by atoms with Gasteiger partial charge in [0.05, 0.1) is 18.8 Å². The average molecular weight is 421 g/mol. The van der Waals surface area contributed by atoms with Gasteiger partial charge >= 0.3 is 6.18 Å². The van der Waals surface area contributed by atoms with Gasteiger partial charge in [0.1, 0.15) is 0 Å². The fraction of sp³-hybridized carbons (Fsp3) is 0.435. The SMILES string of the molecule is COc1ccc([C@H]2CNC(=O)[C@@H](Cc3ccc(C(F)(F)F)cc3)C2)cc1OC(C)C. The van der Waals surface area contributed by atoms with Gasteiger partial charge in [-0.15, -0.1) is 0 Å². The van der Waals surface area contributed by atoms with E-state index in [-0.39, 0.29) is 23.8 Å². The molecule has 1 N–H and O–H groups in total. The zero-order chi connectivity index (χ0) is 21.9. The zero-order valence-electron chi connectivity index (χ0n) is 17.3. The van der Waals surface area contributed by atoms with Gasteiger partial charge < -0.3 is 14.8 Å². The minimum Gasteiger partial charge on any atom is -0.493 e. The molecule has 0 unspecified atom stereocenters. The summed E-state index contributed by atoms with van der Waals surface area (Å²) in [5.74, 6) is 1.01. The molecule has 162 valence electrons. The number of halogens is 3. The number of rotatable bonds is 6. The summed E-state index contributed by atoms with van der Waals surface area (Å²) in [6.07, 6.45) is -3.37. The first kappa shape index (κ1) is 22.0. The number of methoxy groups -OCH3 is 1. The largest absolute Gasteiger partial charge is 0.493 e. The van der Waals surface area contributed by atoms with Gasteiger partial charge in [-0.3, -0.25) is 4.79 Å². The smallest absolute Gasteiger partial charge is 0.416 e. The normalized spacial score (nSPS) is 19.5. The van der Waals surface area contributed by atoms with Gasteiger partial charge in [-0.2, -0.15) is 13.2 Å². The number of amides is 1. The Morgan fingerprint density at radius 1 is 1.10 bits per heavy atom. The first-order chi connectivity index (χ1) is 14.2. The minimum atomic E-state index is -4.37. The standard InChI is InChI=1S/C23H26F3NO3/c1-14(2)30-21-12-16(6-9-20(21)29-3)18-11-17(22(28)27-13-18)10-15-4-7-19(8-5-15)23(24,25)26/h4-9,12,14,17-18H,10-11,13H2,1-3H3,(H,27,28)/t17-,18+/m0/s1. The fourth-order valence-corrected chi connectivity index (χ4v) is 3.74. The van der Waals surface area contributed by atoms with E-state index in [2.05, 4.69) is 5.32 Å². The second-order valence-corrected chi connectivity index (χ2v) is 7.85. The number of hydrogen-bond donors (Lipinski definition) is 1. The highest BCUT2D eigenvalue weighted by Gasteiger charge is 2.32. The quantitative estimate of drug-likeness (QED) is 0.717. The molecule has 0 saturated carbocycles. The van der Waals surface area contributed by atoms with Crippen molar-refractivity contribution in [2.24, 2.45) is 5.92 Å². The van der Waals surface area contributed by atoms with E-state index in [1.807, 2.05) is 32.0 Å². The number of ether oxygens (including phenoxy) is 2. The number of hydrogen-bond acceptors (Lipinski definition) is 3. The molecule has 0 bridgehead atoms. The Morgan fingerprint density at radius 3 is 2.40 bits per heavy atom. The molecule has 0 spiro atoms. The third-order valence-corrected chi connectivity index (χ3v) is 5.25. The van der Waals surface area contributed by atoms with Crippen LogP contribution in [0.3, 0.4) is 0 Å². The maximum absolute atomic E-state index is 12.8. The Bertz CT molecular complexity index is 878. The van der Waals surface area contributed by atoms with Crippen molar-refractivity contribution in [1.29, 1.82) is 0 Å². The highest BCUT2D eigenvalue weighted by Crippen LogP contribution is 2.36. The van der Waals surface area contributed by atoms with Crippen molar-refractivity contribution in [2.45, 2.75) is 44.9 Å². The van der Waals surface area contributed by atoms with Gasteiger partial charge in [0.25, 0.3) is 0 Å². The molecule has 0 aromatic heterocycles. The lowest BCUT2D eigenvalue weighted by Gasteiger charge is -2.30. The molecule has 1 amide bonds. The second-order valence-electron chi connectivity index (χ2n) is 7.85. The Hall–Kier alpha value is -2.70. The third-order valence-electron chi connectivity index (χ3n) is 5.25. The average Bonchev–Trinajstić information content (AvgIpc) is 2.69. The molecule has 1 saturated heterocycles. The first-order valence-electron chi connectivity index (χ1n) is 9.95. The Kier molecular flexibility index (Phi) is 6.58. The monoisotopic (exact) mass is 421 g/mol. The topological polar surface area (TPSA) is 47.6 Å². The summed E-state index contributed by atoms with van der Waals surface area (Å²) in [4.78, 5) is 12.4. The van der Waals surface area contributed by atoms with Gasteiger partial charge in [-0.25, -0.2) is 0 Å². The molecule has 7 heteroatoms. The molecule has 0 radical (unpaired) electrons. The Balaban J connectivity index is 1.74. The van der Waals surface area contributed by atoms with E-state index < -0.39 is 11.7 Å². The number of benzene rings is 2. The molecule has 1 aliphatic rings. The summed E-state index contributed by atoms with van der Waals surface area (Å²) < 4.78 is 49.5. The van der Waals surface area contributed by atoms with E-state index in [1.165, 1.54) is 12.1 Å². The van der Waals surface area contributed by atoms with Crippen molar-refractivity contribution in [2.75, 3.05) is 13.7 Å². The van der Waals surface area contributed by atoms with Crippen LogP contribution >= 0.6 is 0 Å². The van der Waals surface area contributed by atoms with Crippen molar-refractivity contribution in [3.63, 3.8) is 0 Å². The van der Waals surface area contributed by atoms with Crippen LogP contribution in [0.1, 0.15) is 42.9 Å².